The van der Waals surface area contributed by atoms with Crippen LogP contribution >= 0.6 is 0 Å². The minimum absolute atomic E-state index is 0.121. The Kier molecular flexibility index (Phi) is 5.62. The van der Waals surface area contributed by atoms with Crippen molar-refractivity contribution >= 4 is 31.8 Å². The molecule has 0 bridgehead atoms. The van der Waals surface area contributed by atoms with Crippen LogP contribution in [0, 0.1) is 0 Å². The summed E-state index contributed by atoms with van der Waals surface area (Å²) >= 11 is 0. The summed E-state index contributed by atoms with van der Waals surface area (Å²) in [6.07, 6.45) is 0.356. The van der Waals surface area contributed by atoms with E-state index < -0.39 is 28.4 Å². The van der Waals surface area contributed by atoms with E-state index in [2.05, 4.69) is 0 Å². The predicted molar refractivity (Wildman–Crippen MR) is 72.1 cm³/mol. The Morgan fingerprint density at radius 2 is 1.95 bits per heavy atom. The molecule has 1 aromatic rings. The molecule has 98 valence electrons. The fourth-order valence-corrected chi connectivity index (χ4v) is 1.87. The van der Waals surface area contributed by atoms with Gasteiger partial charge in [0, 0.05) is 0 Å². The molecule has 4 radical (unpaired) electrons. The van der Waals surface area contributed by atoms with Gasteiger partial charge in [0.05, 0.1) is 21.3 Å². The van der Waals surface area contributed by atoms with Gasteiger partial charge in [-0.25, -0.2) is 4.79 Å². The highest BCUT2D eigenvalue weighted by molar-refractivity contribution is 7.85. The van der Waals surface area contributed by atoms with Crippen molar-refractivity contribution in [2.75, 3.05) is 12.4 Å². The summed E-state index contributed by atoms with van der Waals surface area (Å²) in [5.74, 6) is -1.34. The number of benzene rings is 1. The first-order valence-corrected chi connectivity index (χ1v) is 7.13. The molecule has 1 N–H and O–H groups in total. The smallest absolute Gasteiger partial charge is 0.338 e. The van der Waals surface area contributed by atoms with Crippen LogP contribution in [0.5, 0.6) is 0 Å². The fraction of sp³-hybridized carbons (Fsp3) is 0.364. The summed E-state index contributed by atoms with van der Waals surface area (Å²) in [5, 5.41) is 0. The van der Waals surface area contributed by atoms with Crippen molar-refractivity contribution in [2.45, 2.75) is 12.6 Å². The van der Waals surface area contributed by atoms with Crippen molar-refractivity contribution < 1.29 is 22.5 Å². The molecule has 0 fully saturated rings. The van der Waals surface area contributed by atoms with Gasteiger partial charge in [-0.2, -0.15) is 8.42 Å². The second kappa shape index (κ2) is 6.77. The van der Waals surface area contributed by atoms with Gasteiger partial charge >= 0.3 is 5.97 Å². The second-order valence-corrected chi connectivity index (χ2v) is 5.35. The molecule has 0 spiro atoms. The van der Waals surface area contributed by atoms with Gasteiger partial charge in [0.1, 0.15) is 12.4 Å². The zero-order valence-corrected chi connectivity index (χ0v) is 11.0. The van der Waals surface area contributed by atoms with Crippen molar-refractivity contribution in [2.24, 2.45) is 0 Å². The highest BCUT2D eigenvalue weighted by Crippen LogP contribution is 2.16. The summed E-state index contributed by atoms with van der Waals surface area (Å²) in [7, 11) is 6.94. The first-order chi connectivity index (χ1) is 8.89. The zero-order valence-electron chi connectivity index (χ0n) is 10.2. The van der Waals surface area contributed by atoms with E-state index in [0.29, 0.717) is 5.56 Å². The Hall–Kier alpha value is -1.27. The highest BCUT2D eigenvalue weighted by atomic mass is 32.2. The minimum Gasteiger partial charge on any atom is -0.461 e. The SMILES string of the molecule is [B]Cc1cccc(C(=O)OCCS(=O)(=O)O)c1C[B]. The molecule has 0 aliphatic carbocycles. The van der Waals surface area contributed by atoms with E-state index in [1.54, 1.807) is 12.1 Å². The highest BCUT2D eigenvalue weighted by Gasteiger charge is 2.15. The average molecular weight is 278 g/mol. The lowest BCUT2D eigenvalue weighted by atomic mass is 9.84. The Morgan fingerprint density at radius 3 is 2.47 bits per heavy atom. The van der Waals surface area contributed by atoms with Crippen LogP contribution in [0.25, 0.3) is 0 Å². The number of esters is 1. The topological polar surface area (TPSA) is 80.7 Å². The van der Waals surface area contributed by atoms with Crippen molar-refractivity contribution in [1.82, 2.24) is 0 Å². The molecule has 1 rings (SSSR count). The molecule has 0 saturated carbocycles. The monoisotopic (exact) mass is 278 g/mol. The van der Waals surface area contributed by atoms with Crippen LogP contribution in [0.15, 0.2) is 18.2 Å². The van der Waals surface area contributed by atoms with E-state index >= 15 is 0 Å². The van der Waals surface area contributed by atoms with Crippen molar-refractivity contribution in [1.29, 1.82) is 0 Å². The van der Waals surface area contributed by atoms with Gasteiger partial charge in [0.25, 0.3) is 10.1 Å². The maximum Gasteiger partial charge on any atom is 0.338 e. The van der Waals surface area contributed by atoms with Crippen LogP contribution in [0.4, 0.5) is 0 Å². The van der Waals surface area contributed by atoms with Gasteiger partial charge in [-0.3, -0.25) is 4.55 Å². The molecule has 0 aliphatic heterocycles. The third-order valence-corrected chi connectivity index (χ3v) is 3.17. The Bertz CT molecular complexity index is 556. The Labute approximate surface area is 114 Å². The number of hydrogen-bond donors (Lipinski definition) is 1. The fourth-order valence-electron chi connectivity index (χ4n) is 1.58. The van der Waals surface area contributed by atoms with Crippen molar-refractivity contribution in [3.05, 3.63) is 34.9 Å². The molecular formula is C11H12B2O5S. The van der Waals surface area contributed by atoms with E-state index in [1.165, 1.54) is 6.07 Å². The van der Waals surface area contributed by atoms with Crippen molar-refractivity contribution in [3.8, 4) is 0 Å². The third kappa shape index (κ3) is 4.72. The number of hydrogen-bond acceptors (Lipinski definition) is 4. The van der Waals surface area contributed by atoms with E-state index in [4.69, 9.17) is 25.0 Å². The molecule has 1 aromatic carbocycles. The van der Waals surface area contributed by atoms with Crippen LogP contribution in [0.3, 0.4) is 0 Å². The quantitative estimate of drug-likeness (QED) is 0.452. The summed E-state index contributed by atoms with van der Waals surface area (Å²) < 4.78 is 34.3. The molecule has 5 nitrogen and oxygen atoms in total. The molecular weight excluding hydrogens is 266 g/mol. The van der Waals surface area contributed by atoms with E-state index in [-0.39, 0.29) is 18.2 Å². The molecule has 0 unspecified atom stereocenters. The molecule has 0 aromatic heterocycles. The maximum absolute atomic E-state index is 11.8. The maximum atomic E-state index is 11.8. The first-order valence-electron chi connectivity index (χ1n) is 5.52. The summed E-state index contributed by atoms with van der Waals surface area (Å²) in [6.45, 7) is -0.422. The average Bonchev–Trinajstić information content (AvgIpc) is 2.35. The lowest BCUT2D eigenvalue weighted by molar-refractivity contribution is 0.0527. The lowest BCUT2D eigenvalue weighted by Gasteiger charge is -2.12. The lowest BCUT2D eigenvalue weighted by Crippen LogP contribution is -2.16. The van der Waals surface area contributed by atoms with Gasteiger partial charge in [0.15, 0.2) is 0 Å². The predicted octanol–water partition coefficient (Wildman–Crippen LogP) is 0.0682. The van der Waals surface area contributed by atoms with Crippen LogP contribution in [0.2, 0.25) is 0 Å². The van der Waals surface area contributed by atoms with E-state index in [0.717, 1.165) is 5.56 Å². The molecule has 0 saturated heterocycles. The van der Waals surface area contributed by atoms with Crippen LogP contribution in [0.1, 0.15) is 21.5 Å². The van der Waals surface area contributed by atoms with Crippen LogP contribution < -0.4 is 0 Å². The molecule has 19 heavy (non-hydrogen) atoms. The molecule has 0 heterocycles. The van der Waals surface area contributed by atoms with Crippen LogP contribution in [-0.2, 0) is 27.5 Å². The van der Waals surface area contributed by atoms with E-state index in [1.807, 2.05) is 0 Å². The van der Waals surface area contributed by atoms with Crippen molar-refractivity contribution in [3.63, 3.8) is 0 Å². The first kappa shape index (κ1) is 15.8. The molecule has 0 amide bonds. The van der Waals surface area contributed by atoms with Gasteiger partial charge < -0.3 is 4.74 Å². The third-order valence-electron chi connectivity index (χ3n) is 2.49. The number of rotatable bonds is 6. The standard InChI is InChI=1S/C11H12B2O5S/c12-6-8-2-1-3-9(10(8)7-13)11(14)18-4-5-19(15,16)17/h1-3H,4-7H2,(H,15,16,17). The number of carbonyl (C=O) groups is 1. The summed E-state index contributed by atoms with van der Waals surface area (Å²) in [6, 6.07) is 4.91. The summed E-state index contributed by atoms with van der Waals surface area (Å²) in [4.78, 5) is 11.8. The van der Waals surface area contributed by atoms with E-state index in [9.17, 15) is 13.2 Å². The number of ether oxygens (including phenoxy) is 1. The van der Waals surface area contributed by atoms with Gasteiger partial charge in [0.2, 0.25) is 0 Å². The number of carbonyl (C=O) groups excluding carboxylic acids is 1. The molecule has 8 heteroatoms. The summed E-state index contributed by atoms with van der Waals surface area (Å²) in [5.41, 5.74) is 1.55. The molecule has 0 aliphatic rings. The largest absolute Gasteiger partial charge is 0.461 e. The Balaban J connectivity index is 2.82. The van der Waals surface area contributed by atoms with Gasteiger partial charge in [-0.15, -0.1) is 0 Å². The van der Waals surface area contributed by atoms with Gasteiger partial charge in [-0.05, 0) is 11.6 Å². The van der Waals surface area contributed by atoms with Gasteiger partial charge in [-0.1, -0.05) is 30.3 Å². The Morgan fingerprint density at radius 1 is 1.26 bits per heavy atom. The normalized spacial score (nSPS) is 11.2. The molecule has 0 atom stereocenters. The minimum atomic E-state index is -4.15. The zero-order chi connectivity index (χ0) is 14.5. The second-order valence-electron chi connectivity index (χ2n) is 3.77. The van der Waals surface area contributed by atoms with Crippen LogP contribution in [-0.4, -0.2) is 47.0 Å².